The van der Waals surface area contributed by atoms with Crippen molar-refractivity contribution in [3.63, 3.8) is 0 Å². The monoisotopic (exact) mass is 354 g/mol. The summed E-state index contributed by atoms with van der Waals surface area (Å²) in [6.07, 6.45) is 5.52. The van der Waals surface area contributed by atoms with Crippen LogP contribution in [0.3, 0.4) is 0 Å². The molecule has 1 amide bonds. The number of rotatable bonds is 7. The SMILES string of the molecule is Cc1cnc(CNC[C@]2(O)CCCN(CCc3ccccc3)C2=O)cn1. The fourth-order valence-corrected chi connectivity index (χ4v) is 3.26. The first-order chi connectivity index (χ1) is 12.6. The number of amides is 1. The molecule has 138 valence electrons. The van der Waals surface area contributed by atoms with E-state index in [-0.39, 0.29) is 12.5 Å². The molecule has 6 nitrogen and oxygen atoms in total. The van der Waals surface area contributed by atoms with Gasteiger partial charge in [0.05, 0.1) is 11.4 Å². The van der Waals surface area contributed by atoms with Crippen LogP contribution in [0.2, 0.25) is 0 Å². The zero-order valence-electron chi connectivity index (χ0n) is 15.2. The zero-order valence-corrected chi connectivity index (χ0v) is 15.2. The number of hydrogen-bond acceptors (Lipinski definition) is 5. The van der Waals surface area contributed by atoms with Gasteiger partial charge in [-0.15, -0.1) is 0 Å². The predicted octanol–water partition coefficient (Wildman–Crippen LogP) is 1.47. The van der Waals surface area contributed by atoms with Crippen LogP contribution in [0.25, 0.3) is 0 Å². The third kappa shape index (κ3) is 4.65. The summed E-state index contributed by atoms with van der Waals surface area (Å²) in [6, 6.07) is 10.1. The highest BCUT2D eigenvalue weighted by Crippen LogP contribution is 2.22. The number of hydrogen-bond donors (Lipinski definition) is 2. The number of aromatic nitrogens is 2. The van der Waals surface area contributed by atoms with Crippen molar-refractivity contribution in [3.8, 4) is 0 Å². The summed E-state index contributed by atoms with van der Waals surface area (Å²) in [5.74, 6) is -0.179. The number of aliphatic hydroxyl groups is 1. The van der Waals surface area contributed by atoms with E-state index in [0.717, 1.165) is 24.2 Å². The molecule has 1 aliphatic rings. The van der Waals surface area contributed by atoms with Crippen molar-refractivity contribution in [1.82, 2.24) is 20.2 Å². The van der Waals surface area contributed by atoms with Crippen LogP contribution >= 0.6 is 0 Å². The molecular formula is C20H26N4O2. The number of carbonyl (C=O) groups is 1. The van der Waals surface area contributed by atoms with Crippen LogP contribution in [-0.4, -0.2) is 51.1 Å². The molecule has 1 atom stereocenters. The Bertz CT molecular complexity index is 720. The maximum Gasteiger partial charge on any atom is 0.255 e. The van der Waals surface area contributed by atoms with Crippen molar-refractivity contribution >= 4 is 5.91 Å². The minimum absolute atomic E-state index is 0.179. The second kappa shape index (κ2) is 8.38. The Balaban J connectivity index is 1.52. The van der Waals surface area contributed by atoms with Gasteiger partial charge < -0.3 is 15.3 Å². The average molecular weight is 354 g/mol. The Morgan fingerprint density at radius 3 is 2.77 bits per heavy atom. The molecule has 26 heavy (non-hydrogen) atoms. The lowest BCUT2D eigenvalue weighted by molar-refractivity contribution is -0.156. The quantitative estimate of drug-likeness (QED) is 0.787. The van der Waals surface area contributed by atoms with Gasteiger partial charge in [-0.05, 0) is 31.7 Å². The molecule has 2 N–H and O–H groups in total. The highest BCUT2D eigenvalue weighted by molar-refractivity contribution is 5.86. The Morgan fingerprint density at radius 1 is 1.23 bits per heavy atom. The third-order valence-corrected chi connectivity index (χ3v) is 4.77. The Kier molecular flexibility index (Phi) is 5.96. The normalized spacial score (nSPS) is 20.4. The minimum Gasteiger partial charge on any atom is -0.379 e. The summed E-state index contributed by atoms with van der Waals surface area (Å²) in [5, 5.41) is 14.0. The van der Waals surface area contributed by atoms with E-state index in [0.29, 0.717) is 26.1 Å². The second-order valence-corrected chi connectivity index (χ2v) is 6.92. The number of benzene rings is 1. The fourth-order valence-electron chi connectivity index (χ4n) is 3.26. The lowest BCUT2D eigenvalue weighted by Gasteiger charge is -2.38. The van der Waals surface area contributed by atoms with Gasteiger partial charge in [-0.1, -0.05) is 30.3 Å². The molecule has 2 heterocycles. The van der Waals surface area contributed by atoms with Gasteiger partial charge in [0, 0.05) is 38.6 Å². The van der Waals surface area contributed by atoms with E-state index in [1.165, 1.54) is 5.56 Å². The molecule has 1 aromatic carbocycles. The summed E-state index contributed by atoms with van der Waals surface area (Å²) in [4.78, 5) is 23.0. The van der Waals surface area contributed by atoms with Gasteiger partial charge in [0.15, 0.2) is 5.60 Å². The van der Waals surface area contributed by atoms with Crippen LogP contribution in [0.1, 0.15) is 29.8 Å². The van der Waals surface area contributed by atoms with E-state index in [2.05, 4.69) is 27.4 Å². The average Bonchev–Trinajstić information content (AvgIpc) is 2.66. The van der Waals surface area contributed by atoms with Crippen LogP contribution in [-0.2, 0) is 17.8 Å². The van der Waals surface area contributed by atoms with Crippen molar-refractivity contribution in [3.05, 3.63) is 59.7 Å². The standard InChI is InChI=1S/C20H26N4O2/c1-16-12-23-18(14-22-16)13-21-15-20(26)9-5-10-24(19(20)25)11-8-17-6-3-2-4-7-17/h2-4,6-7,12,14,21,26H,5,8-11,13,15H2,1H3/t20-/m1/s1. The number of aryl methyl sites for hydroxylation is 1. The van der Waals surface area contributed by atoms with Gasteiger partial charge in [-0.2, -0.15) is 0 Å². The van der Waals surface area contributed by atoms with Crippen LogP contribution in [0, 0.1) is 6.92 Å². The van der Waals surface area contributed by atoms with E-state index in [1.54, 1.807) is 17.3 Å². The molecule has 1 aliphatic heterocycles. The van der Waals surface area contributed by atoms with Crippen LogP contribution < -0.4 is 5.32 Å². The van der Waals surface area contributed by atoms with Gasteiger partial charge in [0.2, 0.25) is 0 Å². The molecule has 1 aromatic heterocycles. The van der Waals surface area contributed by atoms with Crippen molar-refractivity contribution < 1.29 is 9.90 Å². The number of carbonyl (C=O) groups excluding carboxylic acids is 1. The lowest BCUT2D eigenvalue weighted by atomic mass is 9.91. The maximum absolute atomic E-state index is 12.8. The first-order valence-electron chi connectivity index (χ1n) is 9.11. The molecule has 0 aliphatic carbocycles. The predicted molar refractivity (Wildman–Crippen MR) is 99.4 cm³/mol. The first-order valence-corrected chi connectivity index (χ1v) is 9.11. The van der Waals surface area contributed by atoms with Crippen molar-refractivity contribution in [1.29, 1.82) is 0 Å². The number of likely N-dealkylation sites (tertiary alicyclic amines) is 1. The molecular weight excluding hydrogens is 328 g/mol. The van der Waals surface area contributed by atoms with E-state index < -0.39 is 5.60 Å². The topological polar surface area (TPSA) is 78.4 Å². The van der Waals surface area contributed by atoms with Crippen LogP contribution in [0.15, 0.2) is 42.7 Å². The van der Waals surface area contributed by atoms with Gasteiger partial charge >= 0.3 is 0 Å². The summed E-state index contributed by atoms with van der Waals surface area (Å²) in [7, 11) is 0. The van der Waals surface area contributed by atoms with Gasteiger partial charge in [-0.25, -0.2) is 0 Å². The molecule has 6 heteroatoms. The van der Waals surface area contributed by atoms with Crippen LogP contribution in [0.5, 0.6) is 0 Å². The van der Waals surface area contributed by atoms with E-state index in [9.17, 15) is 9.90 Å². The van der Waals surface area contributed by atoms with Crippen molar-refractivity contribution in [2.24, 2.45) is 0 Å². The number of nitrogens with zero attached hydrogens (tertiary/aromatic N) is 3. The molecule has 0 bridgehead atoms. The summed E-state index contributed by atoms with van der Waals surface area (Å²) >= 11 is 0. The molecule has 1 saturated heterocycles. The second-order valence-electron chi connectivity index (χ2n) is 6.92. The van der Waals surface area contributed by atoms with Gasteiger partial charge in [-0.3, -0.25) is 14.8 Å². The first kappa shape index (κ1) is 18.5. The molecule has 0 unspecified atom stereocenters. The summed E-state index contributed by atoms with van der Waals surface area (Å²) < 4.78 is 0. The number of nitrogens with one attached hydrogen (secondary N) is 1. The Morgan fingerprint density at radius 2 is 2.04 bits per heavy atom. The highest BCUT2D eigenvalue weighted by Gasteiger charge is 2.41. The zero-order chi connectivity index (χ0) is 18.4. The molecule has 0 spiro atoms. The molecule has 2 aromatic rings. The van der Waals surface area contributed by atoms with E-state index in [1.807, 2.05) is 25.1 Å². The molecule has 3 rings (SSSR count). The van der Waals surface area contributed by atoms with Crippen molar-refractivity contribution in [2.45, 2.75) is 38.3 Å². The Hall–Kier alpha value is -2.31. The van der Waals surface area contributed by atoms with Gasteiger partial charge in [0.1, 0.15) is 0 Å². The minimum atomic E-state index is -1.34. The van der Waals surface area contributed by atoms with Crippen molar-refractivity contribution in [2.75, 3.05) is 19.6 Å². The van der Waals surface area contributed by atoms with E-state index >= 15 is 0 Å². The maximum atomic E-state index is 12.8. The molecule has 0 saturated carbocycles. The summed E-state index contributed by atoms with van der Waals surface area (Å²) in [5.41, 5.74) is 1.52. The van der Waals surface area contributed by atoms with Crippen LogP contribution in [0.4, 0.5) is 0 Å². The smallest absolute Gasteiger partial charge is 0.255 e. The molecule has 0 radical (unpaired) electrons. The largest absolute Gasteiger partial charge is 0.379 e. The Labute approximate surface area is 154 Å². The van der Waals surface area contributed by atoms with E-state index in [4.69, 9.17) is 0 Å². The highest BCUT2D eigenvalue weighted by atomic mass is 16.3. The molecule has 1 fully saturated rings. The lowest BCUT2D eigenvalue weighted by Crippen LogP contribution is -2.58. The number of piperidine rings is 1. The van der Waals surface area contributed by atoms with Gasteiger partial charge in [0.25, 0.3) is 5.91 Å². The summed E-state index contributed by atoms with van der Waals surface area (Å²) in [6.45, 7) is 3.93. The fraction of sp³-hybridized carbons (Fsp3) is 0.450. The third-order valence-electron chi connectivity index (χ3n) is 4.77.